The number of nitrogens with one attached hydrogen (secondary N) is 1. The van der Waals surface area contributed by atoms with E-state index in [0.29, 0.717) is 25.1 Å². The van der Waals surface area contributed by atoms with Crippen LogP contribution in [0.1, 0.15) is 31.7 Å². The highest BCUT2D eigenvalue weighted by molar-refractivity contribution is 5.71. The van der Waals surface area contributed by atoms with Gasteiger partial charge in [-0.25, -0.2) is 9.97 Å². The molecule has 0 amide bonds. The maximum atomic E-state index is 5.01. The summed E-state index contributed by atoms with van der Waals surface area (Å²) < 4.78 is 7.21. The zero-order valence-corrected chi connectivity index (χ0v) is 11.2. The molecule has 1 fully saturated rings. The van der Waals surface area contributed by atoms with E-state index in [1.165, 1.54) is 25.7 Å². The Bertz CT molecular complexity index is 547. The van der Waals surface area contributed by atoms with Crippen molar-refractivity contribution in [1.82, 2.24) is 19.5 Å². The molecule has 6 heteroatoms. The lowest BCUT2D eigenvalue weighted by Crippen LogP contribution is -2.11. The van der Waals surface area contributed by atoms with Crippen molar-refractivity contribution in [1.29, 1.82) is 0 Å². The molecule has 6 nitrogen and oxygen atoms in total. The van der Waals surface area contributed by atoms with Crippen molar-refractivity contribution in [2.45, 2.75) is 31.7 Å². The Morgan fingerprint density at radius 1 is 1.37 bits per heavy atom. The zero-order chi connectivity index (χ0) is 13.1. The predicted octanol–water partition coefficient (Wildman–Crippen LogP) is 2.00. The molecule has 0 aliphatic heterocycles. The van der Waals surface area contributed by atoms with Crippen molar-refractivity contribution in [3.63, 3.8) is 0 Å². The van der Waals surface area contributed by atoms with E-state index in [4.69, 9.17) is 4.74 Å². The predicted molar refractivity (Wildman–Crippen MR) is 73.2 cm³/mol. The molecule has 3 rings (SSSR count). The average Bonchev–Trinajstić information content (AvgIpc) is 3.07. The molecule has 102 valence electrons. The van der Waals surface area contributed by atoms with Crippen LogP contribution in [0.5, 0.6) is 0 Å². The number of nitrogens with zero attached hydrogens (tertiary/aromatic N) is 4. The van der Waals surface area contributed by atoms with Crippen molar-refractivity contribution in [3.05, 3.63) is 12.5 Å². The number of rotatable bonds is 5. The number of hydrogen-bond acceptors (Lipinski definition) is 5. The highest BCUT2D eigenvalue weighted by Gasteiger charge is 2.19. The summed E-state index contributed by atoms with van der Waals surface area (Å²) in [6.07, 6.45) is 8.73. The SMILES string of the molecule is COCCNc1ncc2ncn(C3CCCC3)c2n1. The van der Waals surface area contributed by atoms with Crippen molar-refractivity contribution in [2.75, 3.05) is 25.6 Å². The van der Waals surface area contributed by atoms with Gasteiger partial charge < -0.3 is 14.6 Å². The molecule has 0 aromatic carbocycles. The molecule has 19 heavy (non-hydrogen) atoms. The molecule has 0 radical (unpaired) electrons. The summed E-state index contributed by atoms with van der Waals surface area (Å²) in [6.45, 7) is 1.35. The van der Waals surface area contributed by atoms with Gasteiger partial charge >= 0.3 is 0 Å². The topological polar surface area (TPSA) is 64.9 Å². The molecule has 1 saturated carbocycles. The van der Waals surface area contributed by atoms with Crippen LogP contribution in [0.3, 0.4) is 0 Å². The summed E-state index contributed by atoms with van der Waals surface area (Å²) in [4.78, 5) is 13.2. The summed E-state index contributed by atoms with van der Waals surface area (Å²) in [5.74, 6) is 0.643. The number of anilines is 1. The van der Waals surface area contributed by atoms with E-state index in [2.05, 4.69) is 24.8 Å². The summed E-state index contributed by atoms with van der Waals surface area (Å²) in [7, 11) is 1.68. The fourth-order valence-electron chi connectivity index (χ4n) is 2.63. The van der Waals surface area contributed by atoms with Crippen LogP contribution in [0.2, 0.25) is 0 Å². The van der Waals surface area contributed by atoms with Gasteiger partial charge in [-0.15, -0.1) is 0 Å². The normalized spacial score (nSPS) is 16.3. The molecule has 0 atom stereocenters. The number of ether oxygens (including phenoxy) is 1. The van der Waals surface area contributed by atoms with Gasteiger partial charge in [0, 0.05) is 19.7 Å². The van der Waals surface area contributed by atoms with Crippen LogP contribution in [0.15, 0.2) is 12.5 Å². The van der Waals surface area contributed by atoms with Gasteiger partial charge in [-0.05, 0) is 12.8 Å². The fraction of sp³-hybridized carbons (Fsp3) is 0.615. The number of aromatic nitrogens is 4. The third kappa shape index (κ3) is 2.53. The number of methoxy groups -OCH3 is 1. The Labute approximate surface area is 112 Å². The molecule has 0 spiro atoms. The zero-order valence-electron chi connectivity index (χ0n) is 11.2. The van der Waals surface area contributed by atoms with Crippen LogP contribution in [0.25, 0.3) is 11.2 Å². The van der Waals surface area contributed by atoms with Gasteiger partial charge in [0.1, 0.15) is 5.52 Å². The van der Waals surface area contributed by atoms with Gasteiger partial charge in [0.2, 0.25) is 5.95 Å². The number of hydrogen-bond donors (Lipinski definition) is 1. The van der Waals surface area contributed by atoms with E-state index < -0.39 is 0 Å². The molecule has 1 aliphatic carbocycles. The van der Waals surface area contributed by atoms with Gasteiger partial charge in [-0.1, -0.05) is 12.8 Å². The van der Waals surface area contributed by atoms with Gasteiger partial charge in [-0.2, -0.15) is 4.98 Å². The first-order chi connectivity index (χ1) is 9.38. The van der Waals surface area contributed by atoms with Gasteiger partial charge in [0.15, 0.2) is 5.65 Å². The minimum atomic E-state index is 0.548. The molecule has 0 unspecified atom stereocenters. The van der Waals surface area contributed by atoms with Crippen LogP contribution in [0.4, 0.5) is 5.95 Å². The quantitative estimate of drug-likeness (QED) is 0.834. The molecule has 1 aliphatic rings. The fourth-order valence-corrected chi connectivity index (χ4v) is 2.63. The molecule has 2 aromatic heterocycles. The second-order valence-electron chi connectivity index (χ2n) is 4.91. The summed E-state index contributed by atoms with van der Waals surface area (Å²) in [5, 5.41) is 3.16. The lowest BCUT2D eigenvalue weighted by molar-refractivity contribution is 0.210. The van der Waals surface area contributed by atoms with E-state index >= 15 is 0 Å². The second-order valence-corrected chi connectivity index (χ2v) is 4.91. The maximum absolute atomic E-state index is 5.01. The van der Waals surface area contributed by atoms with Crippen LogP contribution in [0, 0.1) is 0 Å². The Hall–Kier alpha value is -1.69. The highest BCUT2D eigenvalue weighted by Crippen LogP contribution is 2.31. The lowest BCUT2D eigenvalue weighted by atomic mass is 10.2. The summed E-state index contributed by atoms with van der Waals surface area (Å²) >= 11 is 0. The monoisotopic (exact) mass is 261 g/mol. The lowest BCUT2D eigenvalue weighted by Gasteiger charge is -2.11. The minimum absolute atomic E-state index is 0.548. The number of fused-ring (bicyclic) bond motifs is 1. The van der Waals surface area contributed by atoms with Gasteiger partial charge in [0.25, 0.3) is 0 Å². The summed E-state index contributed by atoms with van der Waals surface area (Å²) in [6, 6.07) is 0.548. The van der Waals surface area contributed by atoms with E-state index in [0.717, 1.165) is 11.2 Å². The van der Waals surface area contributed by atoms with Crippen LogP contribution in [-0.2, 0) is 4.74 Å². The molecule has 0 saturated heterocycles. The first-order valence-electron chi connectivity index (χ1n) is 6.81. The number of imidazole rings is 1. The Morgan fingerprint density at radius 2 is 2.21 bits per heavy atom. The first kappa shape index (κ1) is 12.3. The molecule has 1 N–H and O–H groups in total. The summed E-state index contributed by atoms with van der Waals surface area (Å²) in [5.41, 5.74) is 1.80. The molecular formula is C13H19N5O. The Kier molecular flexibility index (Phi) is 3.59. The molecule has 0 bridgehead atoms. The van der Waals surface area contributed by atoms with E-state index in [1.54, 1.807) is 13.3 Å². The second kappa shape index (κ2) is 5.52. The third-order valence-electron chi connectivity index (χ3n) is 3.62. The maximum Gasteiger partial charge on any atom is 0.224 e. The third-order valence-corrected chi connectivity index (χ3v) is 3.62. The van der Waals surface area contributed by atoms with Crippen molar-refractivity contribution < 1.29 is 4.74 Å². The highest BCUT2D eigenvalue weighted by atomic mass is 16.5. The largest absolute Gasteiger partial charge is 0.383 e. The van der Waals surface area contributed by atoms with Crippen molar-refractivity contribution in [2.24, 2.45) is 0 Å². The van der Waals surface area contributed by atoms with Crippen LogP contribution in [-0.4, -0.2) is 39.8 Å². The van der Waals surface area contributed by atoms with Crippen molar-refractivity contribution >= 4 is 17.1 Å². The van der Waals surface area contributed by atoms with E-state index in [-0.39, 0.29) is 0 Å². The van der Waals surface area contributed by atoms with Gasteiger partial charge in [0.05, 0.1) is 19.1 Å². The standard InChI is InChI=1S/C13H19N5O/c1-19-7-6-14-13-15-8-11-12(17-13)18(9-16-11)10-4-2-3-5-10/h8-10H,2-7H2,1H3,(H,14,15,17). The first-order valence-corrected chi connectivity index (χ1v) is 6.81. The molecule has 2 aromatic rings. The average molecular weight is 261 g/mol. The smallest absolute Gasteiger partial charge is 0.224 e. The van der Waals surface area contributed by atoms with Crippen LogP contribution >= 0.6 is 0 Å². The Balaban J connectivity index is 1.85. The van der Waals surface area contributed by atoms with Gasteiger partial charge in [-0.3, -0.25) is 0 Å². The van der Waals surface area contributed by atoms with E-state index in [9.17, 15) is 0 Å². The van der Waals surface area contributed by atoms with Crippen LogP contribution < -0.4 is 5.32 Å². The molecular weight excluding hydrogens is 242 g/mol. The van der Waals surface area contributed by atoms with Crippen molar-refractivity contribution in [3.8, 4) is 0 Å². The molecule has 2 heterocycles. The Morgan fingerprint density at radius 3 is 3.00 bits per heavy atom. The van der Waals surface area contributed by atoms with E-state index in [1.807, 2.05) is 6.33 Å². The minimum Gasteiger partial charge on any atom is -0.383 e.